The Balaban J connectivity index is 1.92. The molecule has 0 bridgehead atoms. The Morgan fingerprint density at radius 1 is 0.864 bits per heavy atom. The zero-order valence-electron chi connectivity index (χ0n) is 13.0. The summed E-state index contributed by atoms with van der Waals surface area (Å²) in [6.07, 6.45) is 1.45. The Morgan fingerprint density at radius 2 is 1.41 bits per heavy atom. The van der Waals surface area contributed by atoms with E-state index in [4.69, 9.17) is 0 Å². The largest absolute Gasteiger partial charge is 0.214 e. The molecule has 2 aromatic carbocycles. The number of hydrogen-bond acceptors (Lipinski definition) is 2. The first kappa shape index (κ1) is 16.7. The van der Waals surface area contributed by atoms with Crippen LogP contribution in [0.25, 0.3) is 0 Å². The van der Waals surface area contributed by atoms with Crippen LogP contribution in [0.5, 0.6) is 0 Å². The van der Waals surface area contributed by atoms with Crippen LogP contribution >= 0.6 is 0 Å². The molecule has 0 saturated carbocycles. The molecule has 0 saturated heterocycles. The Labute approximate surface area is 133 Å². The molecule has 0 aliphatic rings. The first-order valence-corrected chi connectivity index (χ1v) is 9.28. The molecule has 0 N–H and O–H groups in total. The van der Waals surface area contributed by atoms with Crippen molar-refractivity contribution in [1.82, 2.24) is 4.31 Å². The number of sulfonamides is 1. The van der Waals surface area contributed by atoms with Crippen LogP contribution in [0.3, 0.4) is 0 Å². The third-order valence-corrected chi connectivity index (χ3v) is 5.64. The quantitative estimate of drug-likeness (QED) is 0.747. The highest BCUT2D eigenvalue weighted by molar-refractivity contribution is 7.89. The highest BCUT2D eigenvalue weighted by Crippen LogP contribution is 2.12. The summed E-state index contributed by atoms with van der Waals surface area (Å²) in [5, 5.41) is 0. The molecule has 0 heterocycles. The lowest BCUT2D eigenvalue weighted by molar-refractivity contribution is 0.422. The summed E-state index contributed by atoms with van der Waals surface area (Å²) in [5.74, 6) is 0.197. The van der Waals surface area contributed by atoms with E-state index < -0.39 is 10.0 Å². The second-order valence-corrected chi connectivity index (χ2v) is 7.41. The van der Waals surface area contributed by atoms with Crippen LogP contribution in [-0.2, 0) is 23.0 Å². The Bertz CT molecular complexity index is 654. The first-order valence-electron chi connectivity index (χ1n) is 7.67. The van der Waals surface area contributed by atoms with E-state index in [1.807, 2.05) is 67.6 Å². The molecule has 2 rings (SSSR count). The number of aryl methyl sites for hydroxylation is 1. The maximum absolute atomic E-state index is 12.5. The lowest BCUT2D eigenvalue weighted by Gasteiger charge is -2.20. The van der Waals surface area contributed by atoms with Crippen molar-refractivity contribution in [1.29, 1.82) is 0 Å². The van der Waals surface area contributed by atoms with Gasteiger partial charge in [0.15, 0.2) is 0 Å². The van der Waals surface area contributed by atoms with Crippen molar-refractivity contribution < 1.29 is 8.42 Å². The van der Waals surface area contributed by atoms with Gasteiger partial charge in [0.1, 0.15) is 0 Å². The van der Waals surface area contributed by atoms with Crippen molar-refractivity contribution in [3.05, 3.63) is 71.8 Å². The van der Waals surface area contributed by atoms with Gasteiger partial charge in [-0.05, 0) is 24.0 Å². The average molecular weight is 317 g/mol. The standard InChI is InChI=1S/C18H23NO2S/c1-2-19(16-18-12-7-4-8-13-18)22(20,21)15-9-14-17-10-5-3-6-11-17/h3-8,10-13H,2,9,14-16H2,1H3. The lowest BCUT2D eigenvalue weighted by Crippen LogP contribution is -2.32. The predicted octanol–water partition coefficient (Wildman–Crippen LogP) is 3.47. The van der Waals surface area contributed by atoms with E-state index in [0.29, 0.717) is 19.5 Å². The summed E-state index contributed by atoms with van der Waals surface area (Å²) in [6.45, 7) is 2.84. The fraction of sp³-hybridized carbons (Fsp3) is 0.333. The molecule has 0 aromatic heterocycles. The maximum Gasteiger partial charge on any atom is 0.214 e. The molecule has 22 heavy (non-hydrogen) atoms. The van der Waals surface area contributed by atoms with E-state index in [-0.39, 0.29) is 5.75 Å². The molecule has 0 radical (unpaired) electrons. The fourth-order valence-corrected chi connectivity index (χ4v) is 3.93. The normalized spacial score (nSPS) is 11.7. The highest BCUT2D eigenvalue weighted by atomic mass is 32.2. The Morgan fingerprint density at radius 3 is 1.95 bits per heavy atom. The van der Waals surface area contributed by atoms with Crippen LogP contribution in [-0.4, -0.2) is 25.0 Å². The molecule has 0 fully saturated rings. The lowest BCUT2D eigenvalue weighted by atomic mass is 10.1. The van der Waals surface area contributed by atoms with E-state index in [9.17, 15) is 8.42 Å². The number of hydrogen-bond donors (Lipinski definition) is 0. The Kier molecular flexibility index (Phi) is 6.16. The van der Waals surface area contributed by atoms with Crippen molar-refractivity contribution in [3.63, 3.8) is 0 Å². The minimum Gasteiger partial charge on any atom is -0.212 e. The zero-order chi connectivity index (χ0) is 15.8. The average Bonchev–Trinajstić information content (AvgIpc) is 2.54. The second kappa shape index (κ2) is 8.11. The second-order valence-electron chi connectivity index (χ2n) is 5.32. The zero-order valence-corrected chi connectivity index (χ0v) is 13.8. The van der Waals surface area contributed by atoms with Crippen molar-refractivity contribution in [2.75, 3.05) is 12.3 Å². The van der Waals surface area contributed by atoms with Gasteiger partial charge in [-0.15, -0.1) is 0 Å². The van der Waals surface area contributed by atoms with Crippen LogP contribution in [0, 0.1) is 0 Å². The van der Waals surface area contributed by atoms with Gasteiger partial charge in [0.25, 0.3) is 0 Å². The van der Waals surface area contributed by atoms with E-state index in [1.165, 1.54) is 5.56 Å². The summed E-state index contributed by atoms with van der Waals surface area (Å²) in [5.41, 5.74) is 2.21. The van der Waals surface area contributed by atoms with E-state index in [0.717, 1.165) is 12.0 Å². The third-order valence-electron chi connectivity index (χ3n) is 3.66. The summed E-state index contributed by atoms with van der Waals surface area (Å²) in [6, 6.07) is 19.7. The molecule has 0 aliphatic carbocycles. The van der Waals surface area contributed by atoms with Gasteiger partial charge in [-0.3, -0.25) is 0 Å². The summed E-state index contributed by atoms with van der Waals surface area (Å²) in [7, 11) is -3.21. The first-order chi connectivity index (χ1) is 10.6. The van der Waals surface area contributed by atoms with Gasteiger partial charge in [-0.25, -0.2) is 8.42 Å². The van der Waals surface area contributed by atoms with Gasteiger partial charge in [0.05, 0.1) is 5.75 Å². The molecule has 4 heteroatoms. The van der Waals surface area contributed by atoms with Crippen LogP contribution in [0.1, 0.15) is 24.5 Å². The summed E-state index contributed by atoms with van der Waals surface area (Å²) < 4.78 is 26.5. The monoisotopic (exact) mass is 317 g/mol. The van der Waals surface area contributed by atoms with Crippen LogP contribution in [0.15, 0.2) is 60.7 Å². The van der Waals surface area contributed by atoms with E-state index in [1.54, 1.807) is 4.31 Å². The topological polar surface area (TPSA) is 37.4 Å². The van der Waals surface area contributed by atoms with E-state index in [2.05, 4.69) is 0 Å². The molecule has 3 nitrogen and oxygen atoms in total. The molecule has 0 unspecified atom stereocenters. The molecule has 0 spiro atoms. The van der Waals surface area contributed by atoms with Crippen molar-refractivity contribution in [2.24, 2.45) is 0 Å². The molecule has 0 atom stereocenters. The maximum atomic E-state index is 12.5. The number of benzene rings is 2. The van der Waals surface area contributed by atoms with Gasteiger partial charge in [-0.2, -0.15) is 4.31 Å². The SMILES string of the molecule is CCN(Cc1ccccc1)S(=O)(=O)CCCc1ccccc1. The smallest absolute Gasteiger partial charge is 0.212 e. The molecular formula is C18H23NO2S. The minimum atomic E-state index is -3.21. The molecule has 0 amide bonds. The van der Waals surface area contributed by atoms with Crippen LogP contribution in [0.4, 0.5) is 0 Å². The fourth-order valence-electron chi connectivity index (χ4n) is 2.43. The van der Waals surface area contributed by atoms with Crippen molar-refractivity contribution >= 4 is 10.0 Å². The molecule has 2 aromatic rings. The van der Waals surface area contributed by atoms with Crippen LogP contribution in [0.2, 0.25) is 0 Å². The predicted molar refractivity (Wildman–Crippen MR) is 91.1 cm³/mol. The van der Waals surface area contributed by atoms with Crippen LogP contribution < -0.4 is 0 Å². The van der Waals surface area contributed by atoms with Gasteiger partial charge >= 0.3 is 0 Å². The Hall–Kier alpha value is -1.65. The van der Waals surface area contributed by atoms with Gasteiger partial charge in [0.2, 0.25) is 10.0 Å². The molecular weight excluding hydrogens is 294 g/mol. The van der Waals surface area contributed by atoms with E-state index >= 15 is 0 Å². The summed E-state index contributed by atoms with van der Waals surface area (Å²) >= 11 is 0. The number of rotatable bonds is 8. The van der Waals surface area contributed by atoms with Crippen molar-refractivity contribution in [3.8, 4) is 0 Å². The van der Waals surface area contributed by atoms with Crippen molar-refractivity contribution in [2.45, 2.75) is 26.3 Å². The molecule has 0 aliphatic heterocycles. The highest BCUT2D eigenvalue weighted by Gasteiger charge is 2.20. The van der Waals surface area contributed by atoms with Gasteiger partial charge in [0, 0.05) is 13.1 Å². The minimum absolute atomic E-state index is 0.197. The number of nitrogens with zero attached hydrogens (tertiary/aromatic N) is 1. The van der Waals surface area contributed by atoms with Gasteiger partial charge in [-0.1, -0.05) is 67.6 Å². The third kappa shape index (κ3) is 4.97. The van der Waals surface area contributed by atoms with Gasteiger partial charge < -0.3 is 0 Å². The molecule has 118 valence electrons. The summed E-state index contributed by atoms with van der Waals surface area (Å²) in [4.78, 5) is 0.